The molecule has 1 atom stereocenters. The second-order valence-electron chi connectivity index (χ2n) is 4.24. The molecule has 6 heteroatoms. The predicted molar refractivity (Wildman–Crippen MR) is 73.6 cm³/mol. The molecule has 100 valence electrons. The van der Waals surface area contributed by atoms with E-state index < -0.39 is 4.92 Å². The number of hydrogen-bond donors (Lipinski definition) is 1. The van der Waals surface area contributed by atoms with Crippen LogP contribution in [0.15, 0.2) is 34.7 Å². The third kappa shape index (κ3) is 3.06. The molecule has 1 aromatic heterocycles. The van der Waals surface area contributed by atoms with E-state index in [9.17, 15) is 10.1 Å². The minimum absolute atomic E-state index is 0.0498. The minimum atomic E-state index is -0.509. The maximum Gasteiger partial charge on any atom is 0.288 e. The normalized spacial score (nSPS) is 12.2. The topological polar surface area (TPSA) is 68.3 Å². The molecule has 19 heavy (non-hydrogen) atoms. The zero-order valence-electron chi connectivity index (χ0n) is 10.5. The SMILES string of the molecule is Cc1ccc(C(C)Nc2ccc([N+](=O)[O-])c(Cl)c2)o1. The van der Waals surface area contributed by atoms with Crippen LogP contribution in [0.5, 0.6) is 0 Å². The fourth-order valence-electron chi connectivity index (χ4n) is 1.75. The molecule has 0 fully saturated rings. The van der Waals surface area contributed by atoms with Crippen LogP contribution in [-0.2, 0) is 0 Å². The largest absolute Gasteiger partial charge is 0.464 e. The van der Waals surface area contributed by atoms with E-state index in [4.69, 9.17) is 16.0 Å². The van der Waals surface area contributed by atoms with Crippen LogP contribution in [0.4, 0.5) is 11.4 Å². The van der Waals surface area contributed by atoms with Gasteiger partial charge in [0.05, 0.1) is 11.0 Å². The number of aryl methyl sites for hydroxylation is 1. The molecule has 0 saturated heterocycles. The van der Waals surface area contributed by atoms with E-state index in [1.807, 2.05) is 26.0 Å². The molecule has 1 aromatic carbocycles. The van der Waals surface area contributed by atoms with Gasteiger partial charge in [0.2, 0.25) is 0 Å². The number of halogens is 1. The van der Waals surface area contributed by atoms with Crippen molar-refractivity contribution in [2.75, 3.05) is 5.32 Å². The molecule has 1 heterocycles. The van der Waals surface area contributed by atoms with Gasteiger partial charge in [-0.05, 0) is 38.1 Å². The first-order valence-corrected chi connectivity index (χ1v) is 6.12. The van der Waals surface area contributed by atoms with E-state index in [-0.39, 0.29) is 16.8 Å². The monoisotopic (exact) mass is 280 g/mol. The van der Waals surface area contributed by atoms with Crippen LogP contribution in [0.25, 0.3) is 0 Å². The van der Waals surface area contributed by atoms with E-state index in [0.29, 0.717) is 5.69 Å². The molecule has 0 aliphatic rings. The Morgan fingerprint density at radius 2 is 2.11 bits per heavy atom. The lowest BCUT2D eigenvalue weighted by atomic mass is 10.2. The molecule has 0 saturated carbocycles. The van der Waals surface area contributed by atoms with Crippen LogP contribution in [0, 0.1) is 17.0 Å². The number of rotatable bonds is 4. The number of nitro benzene ring substituents is 1. The Balaban J connectivity index is 2.15. The zero-order chi connectivity index (χ0) is 14.0. The molecule has 1 unspecified atom stereocenters. The van der Waals surface area contributed by atoms with Gasteiger partial charge in [0, 0.05) is 11.8 Å². The van der Waals surface area contributed by atoms with E-state index >= 15 is 0 Å². The third-order valence-corrected chi connectivity index (χ3v) is 3.02. The Kier molecular flexibility index (Phi) is 3.76. The van der Waals surface area contributed by atoms with Crippen LogP contribution in [-0.4, -0.2) is 4.92 Å². The number of anilines is 1. The Hall–Kier alpha value is -2.01. The Bertz CT molecular complexity index is 610. The summed E-state index contributed by atoms with van der Waals surface area (Å²) in [5.41, 5.74) is 0.603. The quantitative estimate of drug-likeness (QED) is 0.669. The molecule has 0 spiro atoms. The van der Waals surface area contributed by atoms with Crippen molar-refractivity contribution >= 4 is 23.0 Å². The average molecular weight is 281 g/mol. The first kappa shape index (κ1) is 13.4. The highest BCUT2D eigenvalue weighted by Gasteiger charge is 2.14. The van der Waals surface area contributed by atoms with Gasteiger partial charge in [0.25, 0.3) is 5.69 Å². The van der Waals surface area contributed by atoms with Gasteiger partial charge in [-0.1, -0.05) is 11.6 Å². The molecule has 2 rings (SSSR count). The molecule has 0 radical (unpaired) electrons. The van der Waals surface area contributed by atoms with Crippen molar-refractivity contribution < 1.29 is 9.34 Å². The average Bonchev–Trinajstić information content (AvgIpc) is 2.75. The van der Waals surface area contributed by atoms with Crippen molar-refractivity contribution in [1.29, 1.82) is 0 Å². The molecule has 2 aromatic rings. The summed E-state index contributed by atoms with van der Waals surface area (Å²) in [6.45, 7) is 3.81. The first-order valence-electron chi connectivity index (χ1n) is 5.74. The van der Waals surface area contributed by atoms with Crippen LogP contribution >= 0.6 is 11.6 Å². The minimum Gasteiger partial charge on any atom is -0.464 e. The zero-order valence-corrected chi connectivity index (χ0v) is 11.3. The Morgan fingerprint density at radius 3 is 2.63 bits per heavy atom. The number of hydrogen-bond acceptors (Lipinski definition) is 4. The molecule has 1 N–H and O–H groups in total. The summed E-state index contributed by atoms with van der Waals surface area (Å²) in [5, 5.41) is 14.0. The molecule has 0 amide bonds. The Morgan fingerprint density at radius 1 is 1.37 bits per heavy atom. The number of nitrogens with zero attached hydrogens (tertiary/aromatic N) is 1. The molecule has 0 aliphatic carbocycles. The lowest BCUT2D eigenvalue weighted by molar-refractivity contribution is -0.384. The van der Waals surface area contributed by atoms with Crippen LogP contribution in [0.2, 0.25) is 5.02 Å². The fraction of sp³-hybridized carbons (Fsp3) is 0.231. The summed E-state index contributed by atoms with van der Waals surface area (Å²) in [4.78, 5) is 10.2. The molecule has 0 bridgehead atoms. The number of furan rings is 1. The lowest BCUT2D eigenvalue weighted by Crippen LogP contribution is -2.05. The number of nitrogens with one attached hydrogen (secondary N) is 1. The molecular formula is C13H13ClN2O3. The van der Waals surface area contributed by atoms with Gasteiger partial charge in [0.15, 0.2) is 0 Å². The fourth-order valence-corrected chi connectivity index (χ4v) is 2.00. The smallest absolute Gasteiger partial charge is 0.288 e. The Labute approximate surface area is 115 Å². The summed E-state index contributed by atoms with van der Waals surface area (Å²) in [6, 6.07) is 8.26. The highest BCUT2D eigenvalue weighted by atomic mass is 35.5. The lowest BCUT2D eigenvalue weighted by Gasteiger charge is -2.13. The van der Waals surface area contributed by atoms with Crippen molar-refractivity contribution in [2.45, 2.75) is 19.9 Å². The van der Waals surface area contributed by atoms with Gasteiger partial charge >= 0.3 is 0 Å². The van der Waals surface area contributed by atoms with Crippen molar-refractivity contribution in [1.82, 2.24) is 0 Å². The predicted octanol–water partition coefficient (Wildman–Crippen LogP) is 4.32. The molecule has 0 aliphatic heterocycles. The van der Waals surface area contributed by atoms with Crippen LogP contribution in [0.1, 0.15) is 24.5 Å². The summed E-state index contributed by atoms with van der Waals surface area (Å²) >= 11 is 5.85. The number of nitro groups is 1. The van der Waals surface area contributed by atoms with E-state index in [1.165, 1.54) is 12.1 Å². The summed E-state index contributed by atoms with van der Waals surface area (Å²) in [6.07, 6.45) is 0. The first-order chi connectivity index (χ1) is 8.97. The van der Waals surface area contributed by atoms with Gasteiger partial charge in [-0.25, -0.2) is 0 Å². The highest BCUT2D eigenvalue weighted by molar-refractivity contribution is 6.32. The highest BCUT2D eigenvalue weighted by Crippen LogP contribution is 2.29. The van der Waals surface area contributed by atoms with Crippen molar-refractivity contribution in [3.05, 3.63) is 57.0 Å². The maximum absolute atomic E-state index is 10.7. The summed E-state index contributed by atoms with van der Waals surface area (Å²) in [5.74, 6) is 1.64. The van der Waals surface area contributed by atoms with Crippen LogP contribution < -0.4 is 5.32 Å². The van der Waals surface area contributed by atoms with Crippen molar-refractivity contribution in [2.24, 2.45) is 0 Å². The van der Waals surface area contributed by atoms with Gasteiger partial charge < -0.3 is 9.73 Å². The number of benzene rings is 1. The second-order valence-corrected chi connectivity index (χ2v) is 4.64. The standard InChI is InChI=1S/C13H13ClN2O3/c1-8-3-6-13(19-8)9(2)15-10-4-5-12(16(17)18)11(14)7-10/h3-7,9,15H,1-2H3. The maximum atomic E-state index is 10.7. The van der Waals surface area contributed by atoms with Gasteiger partial charge in [-0.3, -0.25) is 10.1 Å². The summed E-state index contributed by atoms with van der Waals surface area (Å²) < 4.78 is 5.51. The van der Waals surface area contributed by atoms with E-state index in [2.05, 4.69) is 5.32 Å². The van der Waals surface area contributed by atoms with E-state index in [1.54, 1.807) is 6.07 Å². The van der Waals surface area contributed by atoms with Crippen molar-refractivity contribution in [3.63, 3.8) is 0 Å². The van der Waals surface area contributed by atoms with E-state index in [0.717, 1.165) is 11.5 Å². The second kappa shape index (κ2) is 5.32. The van der Waals surface area contributed by atoms with Crippen LogP contribution in [0.3, 0.4) is 0 Å². The summed E-state index contributed by atoms with van der Waals surface area (Å²) in [7, 11) is 0. The van der Waals surface area contributed by atoms with Gasteiger partial charge in [-0.2, -0.15) is 0 Å². The van der Waals surface area contributed by atoms with Gasteiger partial charge in [-0.15, -0.1) is 0 Å². The third-order valence-electron chi connectivity index (χ3n) is 2.72. The van der Waals surface area contributed by atoms with Gasteiger partial charge in [0.1, 0.15) is 16.5 Å². The molecule has 5 nitrogen and oxygen atoms in total. The molecular weight excluding hydrogens is 268 g/mol. The van der Waals surface area contributed by atoms with Crippen molar-refractivity contribution in [3.8, 4) is 0 Å².